The molecule has 5 rings (SSSR count). The van der Waals surface area contributed by atoms with Crippen molar-refractivity contribution >= 4 is 23.8 Å². The second kappa shape index (κ2) is 16.2. The molecule has 1 aliphatic heterocycles. The highest BCUT2D eigenvalue weighted by molar-refractivity contribution is 7.99. The molecule has 0 aromatic heterocycles. The topological polar surface area (TPSA) is 106 Å². The number of benzene rings is 4. The first-order valence-electron chi connectivity index (χ1n) is 15.1. The number of thioether (sulfide) groups is 1. The predicted molar refractivity (Wildman–Crippen MR) is 174 cm³/mol. The average Bonchev–Trinajstić information content (AvgIpc) is 3.09. The molecule has 0 saturated carbocycles. The number of hydrogen-bond donors (Lipinski definition) is 3. The van der Waals surface area contributed by atoms with Crippen LogP contribution in [0.4, 0.5) is 4.79 Å². The van der Waals surface area contributed by atoms with Crippen molar-refractivity contribution < 1.29 is 28.9 Å². The van der Waals surface area contributed by atoms with Crippen LogP contribution < -0.4 is 10.6 Å². The van der Waals surface area contributed by atoms with Crippen LogP contribution in [0.5, 0.6) is 0 Å². The normalized spacial score (nSPS) is 17.8. The molecule has 2 amide bonds. The van der Waals surface area contributed by atoms with Gasteiger partial charge in [0.15, 0.2) is 6.29 Å². The number of hydrogen-bond acceptors (Lipinski definition) is 7. The van der Waals surface area contributed by atoms with Crippen LogP contribution in [0, 0.1) is 0 Å². The fraction of sp³-hybridized carbons (Fsp3) is 0.278. The minimum absolute atomic E-state index is 0.000612. The summed E-state index contributed by atoms with van der Waals surface area (Å²) in [6.07, 6.45) is -0.0392. The van der Waals surface area contributed by atoms with Crippen molar-refractivity contribution in [1.82, 2.24) is 10.6 Å². The number of carbonyl (C=O) groups is 2. The third-order valence-electron chi connectivity index (χ3n) is 7.36. The molecule has 8 nitrogen and oxygen atoms in total. The molecule has 1 heterocycles. The van der Waals surface area contributed by atoms with Crippen molar-refractivity contribution in [1.29, 1.82) is 0 Å². The molecule has 1 saturated heterocycles. The highest BCUT2D eigenvalue weighted by Gasteiger charge is 2.32. The van der Waals surface area contributed by atoms with E-state index in [0.29, 0.717) is 6.54 Å². The fourth-order valence-electron chi connectivity index (χ4n) is 5.06. The number of amides is 2. The van der Waals surface area contributed by atoms with Gasteiger partial charge < -0.3 is 30.0 Å². The lowest BCUT2D eigenvalue weighted by Crippen LogP contribution is -2.38. The van der Waals surface area contributed by atoms with Crippen molar-refractivity contribution in [3.8, 4) is 11.1 Å². The monoisotopic (exact) mass is 626 g/mol. The Balaban J connectivity index is 1.29. The molecule has 0 radical (unpaired) electrons. The number of aliphatic hydroxyl groups excluding tert-OH is 1. The lowest BCUT2D eigenvalue weighted by atomic mass is 9.99. The molecule has 234 valence electrons. The number of rotatable bonds is 12. The molecule has 0 spiro atoms. The van der Waals surface area contributed by atoms with Crippen LogP contribution in [0.3, 0.4) is 0 Å². The third kappa shape index (κ3) is 9.42. The van der Waals surface area contributed by atoms with E-state index in [9.17, 15) is 14.7 Å². The van der Waals surface area contributed by atoms with Crippen LogP contribution in [0.15, 0.2) is 108 Å². The summed E-state index contributed by atoms with van der Waals surface area (Å²) in [5.74, 6) is 0.310. The molecule has 3 unspecified atom stereocenters. The first-order valence-corrected chi connectivity index (χ1v) is 16.0. The van der Waals surface area contributed by atoms with Crippen molar-refractivity contribution in [2.24, 2.45) is 0 Å². The van der Waals surface area contributed by atoms with Crippen LogP contribution in [0.25, 0.3) is 11.1 Å². The highest BCUT2D eigenvalue weighted by atomic mass is 32.2. The molecule has 3 N–H and O–H groups in total. The Bertz CT molecular complexity index is 1550. The van der Waals surface area contributed by atoms with E-state index >= 15 is 0 Å². The van der Waals surface area contributed by atoms with Crippen molar-refractivity contribution in [3.05, 3.63) is 125 Å². The lowest BCUT2D eigenvalue weighted by Gasteiger charge is -2.36. The van der Waals surface area contributed by atoms with Gasteiger partial charge in [0.1, 0.15) is 6.54 Å². The maximum absolute atomic E-state index is 12.1. The molecule has 0 aliphatic carbocycles. The summed E-state index contributed by atoms with van der Waals surface area (Å²) in [6.45, 7) is 2.10. The van der Waals surface area contributed by atoms with Gasteiger partial charge in [-0.3, -0.25) is 4.79 Å². The SMILES string of the molecule is CCOC(=O)CNC(=O)NCc1cccc(-c2cccc(C3OC(CSc4ccccc4)CC(c4ccc(CO)cc4)O3)c2)c1. The summed E-state index contributed by atoms with van der Waals surface area (Å²) in [4.78, 5) is 24.8. The van der Waals surface area contributed by atoms with Crippen LogP contribution >= 0.6 is 11.8 Å². The average molecular weight is 627 g/mol. The van der Waals surface area contributed by atoms with Crippen LogP contribution in [0.2, 0.25) is 0 Å². The number of esters is 1. The van der Waals surface area contributed by atoms with E-state index in [2.05, 4.69) is 28.8 Å². The molecule has 4 aromatic rings. The number of carbonyl (C=O) groups excluding carboxylic acids is 2. The van der Waals surface area contributed by atoms with Gasteiger partial charge in [0.05, 0.1) is 25.4 Å². The maximum Gasteiger partial charge on any atom is 0.325 e. The Morgan fingerprint density at radius 1 is 0.844 bits per heavy atom. The zero-order chi connectivity index (χ0) is 31.4. The zero-order valence-electron chi connectivity index (χ0n) is 25.2. The third-order valence-corrected chi connectivity index (χ3v) is 8.51. The summed E-state index contributed by atoms with van der Waals surface area (Å²) in [5, 5.41) is 14.8. The summed E-state index contributed by atoms with van der Waals surface area (Å²) < 4.78 is 18.0. The molecule has 3 atom stereocenters. The molecule has 45 heavy (non-hydrogen) atoms. The van der Waals surface area contributed by atoms with Gasteiger partial charge in [-0.05, 0) is 59.0 Å². The molecule has 9 heteroatoms. The molecular weight excluding hydrogens is 588 g/mol. The second-order valence-electron chi connectivity index (χ2n) is 10.6. The summed E-state index contributed by atoms with van der Waals surface area (Å²) in [6, 6.07) is 33.9. The van der Waals surface area contributed by atoms with Crippen molar-refractivity contribution in [3.63, 3.8) is 0 Å². The Morgan fingerprint density at radius 3 is 2.36 bits per heavy atom. The van der Waals surface area contributed by atoms with Gasteiger partial charge in [0, 0.05) is 29.2 Å². The number of nitrogens with one attached hydrogen (secondary N) is 2. The van der Waals surface area contributed by atoms with Crippen LogP contribution in [-0.2, 0) is 32.2 Å². The Hall–Kier alpha value is -4.15. The van der Waals surface area contributed by atoms with E-state index in [0.717, 1.165) is 45.6 Å². The van der Waals surface area contributed by atoms with E-state index in [1.807, 2.05) is 84.9 Å². The van der Waals surface area contributed by atoms with E-state index in [1.165, 1.54) is 4.90 Å². The van der Waals surface area contributed by atoms with Crippen molar-refractivity contribution in [2.45, 2.75) is 49.9 Å². The van der Waals surface area contributed by atoms with E-state index < -0.39 is 18.3 Å². The predicted octanol–water partition coefficient (Wildman–Crippen LogP) is 6.55. The minimum Gasteiger partial charge on any atom is -0.465 e. The minimum atomic E-state index is -0.560. The molecule has 1 aliphatic rings. The van der Waals surface area contributed by atoms with Gasteiger partial charge in [-0.1, -0.05) is 78.9 Å². The number of ether oxygens (including phenoxy) is 3. The van der Waals surface area contributed by atoms with Gasteiger partial charge in [0.25, 0.3) is 0 Å². The van der Waals surface area contributed by atoms with Gasteiger partial charge in [-0.25, -0.2) is 4.79 Å². The molecule has 4 aromatic carbocycles. The zero-order valence-corrected chi connectivity index (χ0v) is 26.0. The Labute approximate surface area is 268 Å². The number of urea groups is 1. The van der Waals surface area contributed by atoms with Gasteiger partial charge >= 0.3 is 12.0 Å². The van der Waals surface area contributed by atoms with Crippen LogP contribution in [0.1, 0.15) is 48.0 Å². The summed E-state index contributed by atoms with van der Waals surface area (Å²) in [7, 11) is 0. The summed E-state index contributed by atoms with van der Waals surface area (Å²) in [5.41, 5.74) is 5.74. The standard InChI is InChI=1S/C36H38N2O6S/c1-2-42-34(40)22-38-36(41)37-21-26-8-6-9-28(18-26)29-10-7-11-30(19-29)35-43-31(24-45-32-12-4-3-5-13-32)20-33(44-35)27-16-14-25(23-39)15-17-27/h3-19,31,33,35,39H,2,20-24H2,1H3,(H2,37,38,41). The van der Waals surface area contributed by atoms with Gasteiger partial charge in [-0.15, -0.1) is 11.8 Å². The second-order valence-corrected chi connectivity index (χ2v) is 11.7. The van der Waals surface area contributed by atoms with E-state index in [1.54, 1.807) is 18.7 Å². The van der Waals surface area contributed by atoms with E-state index in [-0.39, 0.29) is 32.0 Å². The van der Waals surface area contributed by atoms with Crippen LogP contribution in [-0.4, -0.2) is 42.1 Å². The first kappa shape index (κ1) is 32.2. The first-order chi connectivity index (χ1) is 22.0. The largest absolute Gasteiger partial charge is 0.465 e. The van der Waals surface area contributed by atoms with E-state index in [4.69, 9.17) is 14.2 Å². The number of aliphatic hydroxyl groups is 1. The Kier molecular flexibility index (Phi) is 11.6. The maximum atomic E-state index is 12.1. The molecule has 1 fully saturated rings. The smallest absolute Gasteiger partial charge is 0.325 e. The fourth-order valence-corrected chi connectivity index (χ4v) is 6.01. The quantitative estimate of drug-likeness (QED) is 0.121. The van der Waals surface area contributed by atoms with Gasteiger partial charge in [-0.2, -0.15) is 0 Å². The summed E-state index contributed by atoms with van der Waals surface area (Å²) >= 11 is 1.77. The van der Waals surface area contributed by atoms with Crippen molar-refractivity contribution in [2.75, 3.05) is 18.9 Å². The lowest BCUT2D eigenvalue weighted by molar-refractivity contribution is -0.245. The highest BCUT2D eigenvalue weighted by Crippen LogP contribution is 2.40. The molecule has 0 bridgehead atoms. The Morgan fingerprint density at radius 2 is 1.60 bits per heavy atom. The molecular formula is C36H38N2O6S. The van der Waals surface area contributed by atoms with Gasteiger partial charge in [0.2, 0.25) is 0 Å².